The number of carbonyl (C=O) groups is 1. The zero-order chi connectivity index (χ0) is 13.9. The van der Waals surface area contributed by atoms with E-state index in [1.165, 1.54) is 18.4 Å². The highest BCUT2D eigenvalue weighted by Gasteiger charge is 2.00. The molecule has 1 aromatic rings. The maximum Gasteiger partial charge on any atom is 0.221 e. The molecule has 1 rings (SSSR count). The highest BCUT2D eigenvalue weighted by atomic mass is 35.5. The lowest BCUT2D eigenvalue weighted by molar-refractivity contribution is -0.121. The number of hydrogen-bond donors (Lipinski definition) is 2. The summed E-state index contributed by atoms with van der Waals surface area (Å²) in [4.78, 5) is 11.5. The number of amides is 1. The zero-order valence-corrected chi connectivity index (χ0v) is 12.3. The van der Waals surface area contributed by atoms with E-state index in [9.17, 15) is 4.79 Å². The van der Waals surface area contributed by atoms with E-state index in [-0.39, 0.29) is 5.91 Å². The molecule has 1 amide bonds. The Balaban J connectivity index is 2.03. The second kappa shape index (κ2) is 9.82. The second-order valence-corrected chi connectivity index (χ2v) is 5.05. The molecular formula is C15H23ClN2O. The highest BCUT2D eigenvalue weighted by Crippen LogP contribution is 2.08. The van der Waals surface area contributed by atoms with Gasteiger partial charge in [-0.3, -0.25) is 4.79 Å². The van der Waals surface area contributed by atoms with Crippen molar-refractivity contribution >= 4 is 17.5 Å². The van der Waals surface area contributed by atoms with Crippen molar-refractivity contribution < 1.29 is 4.79 Å². The number of rotatable bonds is 9. The molecule has 0 fully saturated rings. The minimum absolute atomic E-state index is 0.125. The highest BCUT2D eigenvalue weighted by molar-refractivity contribution is 6.30. The van der Waals surface area contributed by atoms with E-state index in [2.05, 4.69) is 17.6 Å². The van der Waals surface area contributed by atoms with Gasteiger partial charge in [-0.05, 0) is 24.1 Å². The van der Waals surface area contributed by atoms with Crippen LogP contribution in [0.2, 0.25) is 5.02 Å². The summed E-state index contributed by atoms with van der Waals surface area (Å²) in [6, 6.07) is 7.72. The van der Waals surface area contributed by atoms with Gasteiger partial charge in [0.05, 0.1) is 0 Å². The van der Waals surface area contributed by atoms with Gasteiger partial charge in [-0.2, -0.15) is 0 Å². The number of benzene rings is 1. The summed E-state index contributed by atoms with van der Waals surface area (Å²) in [6.07, 6.45) is 3.95. The fourth-order valence-electron chi connectivity index (χ4n) is 1.73. The SMILES string of the molecule is CCCCCNC(=O)CCNCc1ccc(Cl)cc1. The van der Waals surface area contributed by atoms with Gasteiger partial charge in [-0.25, -0.2) is 0 Å². The predicted octanol–water partition coefficient (Wildman–Crippen LogP) is 3.13. The third-order valence-electron chi connectivity index (χ3n) is 2.87. The quantitative estimate of drug-likeness (QED) is 0.683. The molecule has 0 aliphatic rings. The van der Waals surface area contributed by atoms with Crippen molar-refractivity contribution in [3.63, 3.8) is 0 Å². The summed E-state index contributed by atoms with van der Waals surface area (Å²) in [5.41, 5.74) is 1.17. The normalized spacial score (nSPS) is 10.4. The number of nitrogens with one attached hydrogen (secondary N) is 2. The first-order valence-corrected chi connectivity index (χ1v) is 7.32. The molecule has 0 saturated heterocycles. The molecular weight excluding hydrogens is 260 g/mol. The first-order chi connectivity index (χ1) is 9.22. The smallest absolute Gasteiger partial charge is 0.221 e. The summed E-state index contributed by atoms with van der Waals surface area (Å²) < 4.78 is 0. The summed E-state index contributed by atoms with van der Waals surface area (Å²) in [6.45, 7) is 4.41. The molecule has 19 heavy (non-hydrogen) atoms. The average Bonchev–Trinajstić information content (AvgIpc) is 2.42. The van der Waals surface area contributed by atoms with Gasteiger partial charge in [0.15, 0.2) is 0 Å². The Morgan fingerprint density at radius 3 is 2.58 bits per heavy atom. The van der Waals surface area contributed by atoms with Gasteiger partial charge >= 0.3 is 0 Å². The van der Waals surface area contributed by atoms with Crippen LogP contribution in [0.15, 0.2) is 24.3 Å². The molecule has 0 spiro atoms. The van der Waals surface area contributed by atoms with E-state index in [4.69, 9.17) is 11.6 Å². The van der Waals surface area contributed by atoms with Gasteiger partial charge in [-0.1, -0.05) is 43.5 Å². The molecule has 1 aromatic carbocycles. The van der Waals surface area contributed by atoms with E-state index in [0.29, 0.717) is 13.0 Å². The van der Waals surface area contributed by atoms with Gasteiger partial charge in [-0.15, -0.1) is 0 Å². The van der Waals surface area contributed by atoms with Gasteiger partial charge < -0.3 is 10.6 Å². The van der Waals surface area contributed by atoms with Crippen molar-refractivity contribution in [1.82, 2.24) is 10.6 Å². The van der Waals surface area contributed by atoms with E-state index in [1.54, 1.807) is 0 Å². The maximum absolute atomic E-state index is 11.5. The Kier molecular flexibility index (Phi) is 8.26. The van der Waals surface area contributed by atoms with Crippen LogP contribution in [-0.2, 0) is 11.3 Å². The van der Waals surface area contributed by atoms with Crippen LogP contribution in [0.1, 0.15) is 38.2 Å². The minimum Gasteiger partial charge on any atom is -0.356 e. The summed E-state index contributed by atoms with van der Waals surface area (Å²) in [7, 11) is 0. The van der Waals surface area contributed by atoms with Crippen molar-refractivity contribution in [2.24, 2.45) is 0 Å². The molecule has 0 heterocycles. The molecule has 0 aliphatic heterocycles. The second-order valence-electron chi connectivity index (χ2n) is 4.61. The van der Waals surface area contributed by atoms with Gasteiger partial charge in [0, 0.05) is 31.1 Å². The molecule has 4 heteroatoms. The number of carbonyl (C=O) groups excluding carboxylic acids is 1. The Hall–Kier alpha value is -1.06. The first-order valence-electron chi connectivity index (χ1n) is 6.94. The lowest BCUT2D eigenvalue weighted by Gasteiger charge is -2.06. The maximum atomic E-state index is 11.5. The summed E-state index contributed by atoms with van der Waals surface area (Å²) in [5.74, 6) is 0.125. The van der Waals surface area contributed by atoms with Crippen LogP contribution < -0.4 is 10.6 Å². The van der Waals surface area contributed by atoms with Crippen LogP contribution in [-0.4, -0.2) is 19.0 Å². The van der Waals surface area contributed by atoms with Gasteiger partial charge in [0.1, 0.15) is 0 Å². The van der Waals surface area contributed by atoms with Gasteiger partial charge in [0.25, 0.3) is 0 Å². The summed E-state index contributed by atoms with van der Waals surface area (Å²) in [5, 5.41) is 6.92. The average molecular weight is 283 g/mol. The molecule has 0 unspecified atom stereocenters. The van der Waals surface area contributed by atoms with Crippen LogP contribution in [0.4, 0.5) is 0 Å². The third-order valence-corrected chi connectivity index (χ3v) is 3.13. The fourth-order valence-corrected chi connectivity index (χ4v) is 1.85. The van der Waals surface area contributed by atoms with E-state index >= 15 is 0 Å². The Morgan fingerprint density at radius 1 is 1.16 bits per heavy atom. The number of hydrogen-bond acceptors (Lipinski definition) is 2. The zero-order valence-electron chi connectivity index (χ0n) is 11.5. The monoisotopic (exact) mass is 282 g/mol. The van der Waals surface area contributed by atoms with Crippen molar-refractivity contribution in [3.05, 3.63) is 34.9 Å². The third kappa shape index (κ3) is 7.85. The molecule has 3 nitrogen and oxygen atoms in total. The van der Waals surface area contributed by atoms with Crippen LogP contribution in [0.25, 0.3) is 0 Å². The van der Waals surface area contributed by atoms with E-state index in [0.717, 1.165) is 24.5 Å². The molecule has 0 radical (unpaired) electrons. The van der Waals surface area contributed by atoms with Crippen LogP contribution in [0, 0.1) is 0 Å². The topological polar surface area (TPSA) is 41.1 Å². The molecule has 0 saturated carbocycles. The summed E-state index contributed by atoms with van der Waals surface area (Å²) >= 11 is 5.81. The Morgan fingerprint density at radius 2 is 1.89 bits per heavy atom. The fraction of sp³-hybridized carbons (Fsp3) is 0.533. The van der Waals surface area contributed by atoms with E-state index < -0.39 is 0 Å². The molecule has 106 valence electrons. The van der Waals surface area contributed by atoms with Crippen molar-refractivity contribution in [2.45, 2.75) is 39.2 Å². The van der Waals surface area contributed by atoms with Crippen LogP contribution in [0.3, 0.4) is 0 Å². The molecule has 0 aliphatic carbocycles. The Labute approximate surface area is 120 Å². The molecule has 2 N–H and O–H groups in total. The number of unbranched alkanes of at least 4 members (excludes halogenated alkanes) is 2. The standard InChI is InChI=1S/C15H23ClN2O/c1-2-3-4-10-18-15(19)9-11-17-12-13-5-7-14(16)8-6-13/h5-8,17H,2-4,9-12H2,1H3,(H,18,19). The van der Waals surface area contributed by atoms with Crippen LogP contribution in [0.5, 0.6) is 0 Å². The number of halogens is 1. The molecule has 0 aromatic heterocycles. The van der Waals surface area contributed by atoms with Crippen LogP contribution >= 0.6 is 11.6 Å². The lowest BCUT2D eigenvalue weighted by atomic mass is 10.2. The minimum atomic E-state index is 0.125. The van der Waals surface area contributed by atoms with E-state index in [1.807, 2.05) is 24.3 Å². The van der Waals surface area contributed by atoms with Crippen molar-refractivity contribution in [2.75, 3.05) is 13.1 Å². The molecule has 0 atom stereocenters. The van der Waals surface area contributed by atoms with Gasteiger partial charge in [0.2, 0.25) is 5.91 Å². The largest absolute Gasteiger partial charge is 0.356 e. The lowest BCUT2D eigenvalue weighted by Crippen LogP contribution is -2.28. The first kappa shape index (κ1) is 16.0. The van der Waals surface area contributed by atoms with Crippen molar-refractivity contribution in [1.29, 1.82) is 0 Å². The van der Waals surface area contributed by atoms with Crippen molar-refractivity contribution in [3.8, 4) is 0 Å². The predicted molar refractivity (Wildman–Crippen MR) is 80.3 cm³/mol. The molecule has 0 bridgehead atoms. The Bertz CT molecular complexity index is 365.